The summed E-state index contributed by atoms with van der Waals surface area (Å²) in [5.74, 6) is 0.417. The molecule has 0 fully saturated rings. The van der Waals surface area contributed by atoms with Crippen LogP contribution < -0.4 is 10.5 Å². The Bertz CT molecular complexity index is 511. The van der Waals surface area contributed by atoms with Gasteiger partial charge in [0.25, 0.3) is 0 Å². The molecule has 4 heteroatoms. The molecule has 100 valence electrons. The minimum absolute atomic E-state index is 0.315. The topological polar surface area (TPSA) is 61.0 Å². The highest BCUT2D eigenvalue weighted by Crippen LogP contribution is 2.11. The van der Waals surface area contributed by atoms with E-state index < -0.39 is 0 Å². The first kappa shape index (κ1) is 13.3. The van der Waals surface area contributed by atoms with Crippen molar-refractivity contribution in [2.75, 3.05) is 5.73 Å². The van der Waals surface area contributed by atoms with Crippen LogP contribution in [0.3, 0.4) is 0 Å². The van der Waals surface area contributed by atoms with Gasteiger partial charge in [0.15, 0.2) is 0 Å². The number of nitrogens with zero attached hydrogens (tertiary/aromatic N) is 2. The van der Waals surface area contributed by atoms with Crippen molar-refractivity contribution in [3.05, 3.63) is 47.7 Å². The van der Waals surface area contributed by atoms with Crippen LogP contribution in [0.4, 0.5) is 5.82 Å². The van der Waals surface area contributed by atoms with E-state index in [9.17, 15) is 0 Å². The maximum absolute atomic E-state index is 5.56. The van der Waals surface area contributed by atoms with Gasteiger partial charge < -0.3 is 10.5 Å². The molecule has 0 saturated heterocycles. The summed E-state index contributed by atoms with van der Waals surface area (Å²) in [4.78, 5) is 7.99. The molecule has 0 atom stereocenters. The summed E-state index contributed by atoms with van der Waals surface area (Å²) in [6.07, 6.45) is 5.17. The molecule has 1 aromatic heterocycles. The van der Waals surface area contributed by atoms with E-state index in [0.717, 1.165) is 12.0 Å². The smallest absolute Gasteiger partial charge is 0.318 e. The van der Waals surface area contributed by atoms with E-state index in [1.165, 1.54) is 18.4 Å². The number of aromatic nitrogens is 2. The third-order valence-corrected chi connectivity index (χ3v) is 2.86. The lowest BCUT2D eigenvalue weighted by Gasteiger charge is -2.06. The van der Waals surface area contributed by atoms with E-state index in [-0.39, 0.29) is 0 Å². The summed E-state index contributed by atoms with van der Waals surface area (Å²) >= 11 is 0. The van der Waals surface area contributed by atoms with E-state index in [0.29, 0.717) is 18.4 Å². The Balaban J connectivity index is 1.89. The van der Waals surface area contributed by atoms with Crippen molar-refractivity contribution in [3.63, 3.8) is 0 Å². The Labute approximate surface area is 113 Å². The second-order valence-corrected chi connectivity index (χ2v) is 4.47. The van der Waals surface area contributed by atoms with Gasteiger partial charge in [0.05, 0.1) is 0 Å². The molecule has 2 N–H and O–H groups in total. The Morgan fingerprint density at radius 1 is 1.11 bits per heavy atom. The molecule has 0 saturated carbocycles. The van der Waals surface area contributed by atoms with Gasteiger partial charge in [-0.2, -0.15) is 4.98 Å². The van der Waals surface area contributed by atoms with E-state index in [4.69, 9.17) is 10.5 Å². The van der Waals surface area contributed by atoms with Crippen molar-refractivity contribution in [3.8, 4) is 6.01 Å². The monoisotopic (exact) mass is 257 g/mol. The highest BCUT2D eigenvalue weighted by atomic mass is 16.5. The summed E-state index contributed by atoms with van der Waals surface area (Å²) in [6.45, 7) is 2.66. The molecule has 0 aliphatic heterocycles. The van der Waals surface area contributed by atoms with Gasteiger partial charge in [-0.15, -0.1) is 0 Å². The molecule has 4 nitrogen and oxygen atoms in total. The summed E-state index contributed by atoms with van der Waals surface area (Å²) < 4.78 is 5.49. The molecule has 19 heavy (non-hydrogen) atoms. The molecule has 0 radical (unpaired) electrons. The van der Waals surface area contributed by atoms with Gasteiger partial charge in [-0.1, -0.05) is 37.6 Å². The highest BCUT2D eigenvalue weighted by molar-refractivity contribution is 5.27. The first-order valence-electron chi connectivity index (χ1n) is 6.57. The van der Waals surface area contributed by atoms with Gasteiger partial charge in [0.2, 0.25) is 0 Å². The summed E-state index contributed by atoms with van der Waals surface area (Å²) in [7, 11) is 0. The maximum Gasteiger partial charge on any atom is 0.318 e. The number of benzene rings is 1. The number of ether oxygens (including phenoxy) is 1. The third kappa shape index (κ3) is 4.25. The van der Waals surface area contributed by atoms with Crippen molar-refractivity contribution in [1.29, 1.82) is 0 Å². The third-order valence-electron chi connectivity index (χ3n) is 2.86. The molecule has 2 rings (SSSR count). The fourth-order valence-electron chi connectivity index (χ4n) is 1.75. The minimum atomic E-state index is 0.315. The van der Waals surface area contributed by atoms with Crippen LogP contribution in [-0.4, -0.2) is 9.97 Å². The molecule has 0 bridgehead atoms. The van der Waals surface area contributed by atoms with Crippen molar-refractivity contribution in [2.45, 2.75) is 32.8 Å². The van der Waals surface area contributed by atoms with E-state index in [1.807, 2.05) is 0 Å². The van der Waals surface area contributed by atoms with Crippen molar-refractivity contribution < 1.29 is 4.74 Å². The molecule has 1 aromatic carbocycles. The van der Waals surface area contributed by atoms with E-state index in [1.54, 1.807) is 12.3 Å². The van der Waals surface area contributed by atoms with Gasteiger partial charge >= 0.3 is 6.01 Å². The van der Waals surface area contributed by atoms with Gasteiger partial charge in [-0.05, 0) is 30.0 Å². The molecule has 2 aromatic rings. The Hall–Kier alpha value is -2.10. The van der Waals surface area contributed by atoms with Gasteiger partial charge in [0.1, 0.15) is 12.4 Å². The van der Waals surface area contributed by atoms with Crippen molar-refractivity contribution >= 4 is 5.82 Å². The number of anilines is 1. The lowest BCUT2D eigenvalue weighted by atomic mass is 10.1. The summed E-state index contributed by atoms with van der Waals surface area (Å²) in [6, 6.07) is 10.4. The number of rotatable bonds is 6. The predicted molar refractivity (Wildman–Crippen MR) is 75.8 cm³/mol. The molecule has 0 amide bonds. The largest absolute Gasteiger partial charge is 0.459 e. The zero-order chi connectivity index (χ0) is 13.5. The average Bonchev–Trinajstić information content (AvgIpc) is 2.44. The number of hydrogen-bond donors (Lipinski definition) is 1. The van der Waals surface area contributed by atoms with Gasteiger partial charge in [0, 0.05) is 6.20 Å². The number of nitrogen functional groups attached to an aromatic ring is 1. The Morgan fingerprint density at radius 3 is 2.53 bits per heavy atom. The molecule has 1 heterocycles. The summed E-state index contributed by atoms with van der Waals surface area (Å²) in [5.41, 5.74) is 8.03. The second-order valence-electron chi connectivity index (χ2n) is 4.47. The normalized spacial score (nSPS) is 10.4. The Morgan fingerprint density at radius 2 is 1.84 bits per heavy atom. The second kappa shape index (κ2) is 6.73. The van der Waals surface area contributed by atoms with Crippen LogP contribution in [0.1, 0.15) is 30.9 Å². The zero-order valence-corrected chi connectivity index (χ0v) is 11.2. The van der Waals surface area contributed by atoms with Crippen LogP contribution >= 0.6 is 0 Å². The molecular formula is C15H19N3O. The number of aryl methyl sites for hydroxylation is 1. The van der Waals surface area contributed by atoms with Gasteiger partial charge in [-0.25, -0.2) is 4.98 Å². The quantitative estimate of drug-likeness (QED) is 0.864. The first-order valence-corrected chi connectivity index (χ1v) is 6.57. The number of nitrogens with two attached hydrogens (primary N) is 1. The van der Waals surface area contributed by atoms with E-state index in [2.05, 4.69) is 41.2 Å². The first-order chi connectivity index (χ1) is 9.28. The van der Waals surface area contributed by atoms with Crippen LogP contribution in [0.2, 0.25) is 0 Å². The van der Waals surface area contributed by atoms with Crippen molar-refractivity contribution in [2.24, 2.45) is 0 Å². The lowest BCUT2D eigenvalue weighted by molar-refractivity contribution is 0.281. The van der Waals surface area contributed by atoms with Crippen molar-refractivity contribution in [1.82, 2.24) is 9.97 Å². The summed E-state index contributed by atoms with van der Waals surface area (Å²) in [5, 5.41) is 0. The maximum atomic E-state index is 5.56. The number of unbranched alkanes of at least 4 members (excludes halogenated alkanes) is 1. The number of hydrogen-bond acceptors (Lipinski definition) is 4. The van der Waals surface area contributed by atoms with E-state index >= 15 is 0 Å². The predicted octanol–water partition coefficient (Wildman–Crippen LogP) is 2.98. The highest BCUT2D eigenvalue weighted by Gasteiger charge is 2.00. The average molecular weight is 257 g/mol. The molecular weight excluding hydrogens is 238 g/mol. The fourth-order valence-corrected chi connectivity index (χ4v) is 1.75. The molecule has 0 spiro atoms. The lowest BCUT2D eigenvalue weighted by Crippen LogP contribution is -2.01. The van der Waals surface area contributed by atoms with Crippen LogP contribution in [0.5, 0.6) is 6.01 Å². The Kier molecular flexibility index (Phi) is 4.72. The zero-order valence-electron chi connectivity index (χ0n) is 11.2. The molecule has 0 aliphatic carbocycles. The standard InChI is InChI=1S/C15H19N3O/c1-2-3-4-12-5-7-13(8-6-12)11-19-15-17-10-9-14(16)18-15/h5-10H,2-4,11H2,1H3,(H2,16,17,18). The molecule has 0 aliphatic rings. The fraction of sp³-hybridized carbons (Fsp3) is 0.333. The van der Waals surface area contributed by atoms with Crippen LogP contribution in [0.25, 0.3) is 0 Å². The minimum Gasteiger partial charge on any atom is -0.459 e. The molecule has 0 unspecified atom stereocenters. The van der Waals surface area contributed by atoms with Crippen LogP contribution in [0, 0.1) is 0 Å². The SMILES string of the molecule is CCCCc1ccc(COc2nccc(N)n2)cc1. The van der Waals surface area contributed by atoms with Crippen LogP contribution in [0.15, 0.2) is 36.5 Å². The van der Waals surface area contributed by atoms with Gasteiger partial charge in [-0.3, -0.25) is 0 Å². The van der Waals surface area contributed by atoms with Crippen LogP contribution in [-0.2, 0) is 13.0 Å².